The zero-order valence-electron chi connectivity index (χ0n) is 15.4. The fourth-order valence-corrected chi connectivity index (χ4v) is 2.46. The maximum absolute atomic E-state index is 11.9. The number of para-hydroxylation sites is 1. The minimum Gasteiger partial charge on any atom is -0.455 e. The van der Waals surface area contributed by atoms with Crippen LogP contribution in [0.4, 0.5) is 16.2 Å². The lowest BCUT2D eigenvalue weighted by atomic mass is 10.1. The van der Waals surface area contributed by atoms with Crippen molar-refractivity contribution in [2.45, 2.75) is 20.3 Å². The van der Waals surface area contributed by atoms with Crippen LogP contribution in [-0.2, 0) is 20.7 Å². The molecule has 2 aromatic rings. The Morgan fingerprint density at radius 3 is 2.50 bits per heavy atom. The Balaban J connectivity index is 1.82. The Morgan fingerprint density at radius 2 is 1.82 bits per heavy atom. The monoisotopic (exact) mass is 385 g/mol. The van der Waals surface area contributed by atoms with E-state index in [1.807, 2.05) is 31.3 Å². The average molecular weight is 385 g/mol. The maximum Gasteiger partial charge on any atom is 0.325 e. The molecule has 0 radical (unpaired) electrons. The maximum atomic E-state index is 11.9. The molecule has 2 N–H and O–H groups in total. The summed E-state index contributed by atoms with van der Waals surface area (Å²) in [7, 11) is 0. The number of imide groups is 1. The molecule has 0 aliphatic rings. The number of esters is 1. The van der Waals surface area contributed by atoms with Crippen LogP contribution in [0.25, 0.3) is 0 Å². The molecule has 2 rings (SSSR count). The molecule has 0 unspecified atom stereocenters. The number of hydrogen-bond acceptors (Lipinski definition) is 6. The van der Waals surface area contributed by atoms with Crippen LogP contribution in [0.1, 0.15) is 16.7 Å². The second-order valence-corrected chi connectivity index (χ2v) is 6.04. The summed E-state index contributed by atoms with van der Waals surface area (Å²) in [5.74, 6) is -1.64. The van der Waals surface area contributed by atoms with Gasteiger partial charge >= 0.3 is 12.0 Å². The first-order chi connectivity index (χ1) is 13.3. The van der Waals surface area contributed by atoms with E-state index in [0.29, 0.717) is 5.69 Å². The Bertz CT molecular complexity index is 926. The van der Waals surface area contributed by atoms with E-state index in [9.17, 15) is 24.5 Å². The van der Waals surface area contributed by atoms with Gasteiger partial charge in [0.2, 0.25) is 0 Å². The van der Waals surface area contributed by atoms with Crippen molar-refractivity contribution in [2.24, 2.45) is 0 Å². The van der Waals surface area contributed by atoms with Gasteiger partial charge < -0.3 is 10.1 Å². The summed E-state index contributed by atoms with van der Waals surface area (Å²) in [6, 6.07) is 10.4. The van der Waals surface area contributed by atoms with Crippen molar-refractivity contribution < 1.29 is 24.0 Å². The van der Waals surface area contributed by atoms with E-state index in [1.165, 1.54) is 18.2 Å². The molecule has 0 fully saturated rings. The molecule has 0 aliphatic carbocycles. The second-order valence-electron chi connectivity index (χ2n) is 6.04. The van der Waals surface area contributed by atoms with Crippen molar-refractivity contribution in [3.05, 3.63) is 69.3 Å². The van der Waals surface area contributed by atoms with Gasteiger partial charge in [0.15, 0.2) is 6.61 Å². The van der Waals surface area contributed by atoms with Crippen LogP contribution in [0.3, 0.4) is 0 Å². The van der Waals surface area contributed by atoms with Gasteiger partial charge in [-0.2, -0.15) is 0 Å². The zero-order chi connectivity index (χ0) is 20.7. The van der Waals surface area contributed by atoms with Crippen molar-refractivity contribution in [1.29, 1.82) is 0 Å². The third kappa shape index (κ3) is 5.90. The molecule has 9 heteroatoms. The third-order valence-electron chi connectivity index (χ3n) is 3.77. The van der Waals surface area contributed by atoms with E-state index in [-0.39, 0.29) is 17.7 Å². The number of ether oxygens (including phenoxy) is 1. The van der Waals surface area contributed by atoms with Crippen molar-refractivity contribution >= 4 is 29.3 Å². The molecule has 9 nitrogen and oxygen atoms in total. The van der Waals surface area contributed by atoms with Gasteiger partial charge in [0.05, 0.1) is 11.3 Å². The van der Waals surface area contributed by atoms with Gasteiger partial charge in [0, 0.05) is 17.3 Å². The molecule has 0 saturated carbocycles. The number of urea groups is 1. The highest BCUT2D eigenvalue weighted by Gasteiger charge is 2.17. The van der Waals surface area contributed by atoms with E-state index in [2.05, 4.69) is 5.32 Å². The van der Waals surface area contributed by atoms with Gasteiger partial charge in [0.1, 0.15) is 0 Å². The van der Waals surface area contributed by atoms with Crippen LogP contribution in [0.15, 0.2) is 42.5 Å². The Hall–Kier alpha value is -3.75. The first-order valence-corrected chi connectivity index (χ1v) is 8.32. The molecule has 146 valence electrons. The summed E-state index contributed by atoms with van der Waals surface area (Å²) in [6.07, 6.45) is -0.362. The largest absolute Gasteiger partial charge is 0.455 e. The lowest BCUT2D eigenvalue weighted by Gasteiger charge is -2.10. The number of carbonyl (C=O) groups excluding carboxylic acids is 3. The Labute approximate surface area is 160 Å². The SMILES string of the molecule is Cc1ccc(NC(=O)NC(=O)COC(=O)Cc2ccccc2[N+](=O)[O-])c(C)c1. The standard InChI is InChI=1S/C19H19N3O6/c1-12-7-8-15(13(2)9-12)20-19(25)21-17(23)11-28-18(24)10-14-5-3-4-6-16(14)22(26)27/h3-9H,10-11H2,1-2H3,(H2,20,21,23,25). The highest BCUT2D eigenvalue weighted by Crippen LogP contribution is 2.18. The number of anilines is 1. The molecule has 2 aromatic carbocycles. The minimum absolute atomic E-state index is 0.172. The lowest BCUT2D eigenvalue weighted by molar-refractivity contribution is -0.385. The molecular formula is C19H19N3O6. The van der Waals surface area contributed by atoms with E-state index in [1.54, 1.807) is 12.1 Å². The van der Waals surface area contributed by atoms with E-state index in [4.69, 9.17) is 4.74 Å². The third-order valence-corrected chi connectivity index (χ3v) is 3.77. The molecule has 0 saturated heterocycles. The van der Waals surface area contributed by atoms with Crippen molar-refractivity contribution in [3.8, 4) is 0 Å². The Kier molecular flexibility index (Phi) is 6.80. The number of nitrogens with zero attached hydrogens (tertiary/aromatic N) is 1. The van der Waals surface area contributed by atoms with Crippen molar-refractivity contribution in [3.63, 3.8) is 0 Å². The topological polar surface area (TPSA) is 128 Å². The van der Waals surface area contributed by atoms with Gasteiger partial charge in [-0.05, 0) is 25.5 Å². The number of rotatable bonds is 6. The number of aryl methyl sites for hydroxylation is 2. The van der Waals surface area contributed by atoms with E-state index in [0.717, 1.165) is 11.1 Å². The summed E-state index contributed by atoms with van der Waals surface area (Å²) < 4.78 is 4.78. The quantitative estimate of drug-likeness (QED) is 0.447. The average Bonchev–Trinajstić information content (AvgIpc) is 2.62. The number of nitrogens with one attached hydrogen (secondary N) is 2. The summed E-state index contributed by atoms with van der Waals surface area (Å²) in [6.45, 7) is 3.05. The van der Waals surface area contributed by atoms with Crippen LogP contribution in [0, 0.1) is 24.0 Å². The first-order valence-electron chi connectivity index (χ1n) is 8.32. The number of benzene rings is 2. The van der Waals surface area contributed by atoms with Crippen LogP contribution in [0.5, 0.6) is 0 Å². The van der Waals surface area contributed by atoms with Crippen LogP contribution in [-0.4, -0.2) is 29.4 Å². The number of nitro groups is 1. The normalized spacial score (nSPS) is 10.1. The number of amides is 3. The van der Waals surface area contributed by atoms with Gasteiger partial charge in [-0.1, -0.05) is 35.9 Å². The second kappa shape index (κ2) is 9.26. The number of carbonyl (C=O) groups is 3. The molecular weight excluding hydrogens is 366 g/mol. The van der Waals surface area contributed by atoms with Crippen molar-refractivity contribution in [1.82, 2.24) is 5.32 Å². The van der Waals surface area contributed by atoms with Gasteiger partial charge in [-0.25, -0.2) is 4.79 Å². The summed E-state index contributed by atoms with van der Waals surface area (Å²) in [5.41, 5.74) is 2.37. The molecule has 0 heterocycles. The van der Waals surface area contributed by atoms with Gasteiger partial charge in [-0.15, -0.1) is 0 Å². The molecule has 0 aliphatic heterocycles. The first kappa shape index (κ1) is 20.6. The summed E-state index contributed by atoms with van der Waals surface area (Å²) in [5, 5.41) is 15.5. The molecule has 0 spiro atoms. The predicted octanol–water partition coefficient (Wildman–Crippen LogP) is 2.65. The van der Waals surface area contributed by atoms with E-state index < -0.39 is 29.4 Å². The summed E-state index contributed by atoms with van der Waals surface area (Å²) >= 11 is 0. The van der Waals surface area contributed by atoms with Crippen LogP contribution in [0.2, 0.25) is 0 Å². The smallest absolute Gasteiger partial charge is 0.325 e. The van der Waals surface area contributed by atoms with Gasteiger partial charge in [0.25, 0.3) is 11.6 Å². The molecule has 28 heavy (non-hydrogen) atoms. The Morgan fingerprint density at radius 1 is 1.11 bits per heavy atom. The van der Waals surface area contributed by atoms with E-state index >= 15 is 0 Å². The predicted molar refractivity (Wildman–Crippen MR) is 101 cm³/mol. The van der Waals surface area contributed by atoms with Crippen LogP contribution < -0.4 is 10.6 Å². The fourth-order valence-electron chi connectivity index (χ4n) is 2.46. The fraction of sp³-hybridized carbons (Fsp3) is 0.211. The molecule has 0 bridgehead atoms. The highest BCUT2D eigenvalue weighted by atomic mass is 16.6. The van der Waals surface area contributed by atoms with Crippen LogP contribution >= 0.6 is 0 Å². The lowest BCUT2D eigenvalue weighted by Crippen LogP contribution is -2.37. The van der Waals surface area contributed by atoms with Gasteiger partial charge in [-0.3, -0.25) is 25.0 Å². The minimum atomic E-state index is -0.821. The molecule has 0 atom stereocenters. The van der Waals surface area contributed by atoms with Crippen molar-refractivity contribution in [2.75, 3.05) is 11.9 Å². The number of nitro benzene ring substituents is 1. The molecule has 3 amide bonds. The highest BCUT2D eigenvalue weighted by molar-refractivity contribution is 6.02. The summed E-state index contributed by atoms with van der Waals surface area (Å²) in [4.78, 5) is 45.8. The number of hydrogen-bond donors (Lipinski definition) is 2. The zero-order valence-corrected chi connectivity index (χ0v) is 15.4. The molecule has 0 aromatic heterocycles.